The maximum Gasteiger partial charge on any atom is 0.264 e. The Balaban J connectivity index is 1.88. The van der Waals surface area contributed by atoms with Crippen LogP contribution in [-0.2, 0) is 14.8 Å². The van der Waals surface area contributed by atoms with Crippen molar-refractivity contribution in [3.8, 4) is 0 Å². The molecule has 10 heteroatoms. The fourth-order valence-electron chi connectivity index (χ4n) is 2.77. The summed E-state index contributed by atoms with van der Waals surface area (Å²) in [5.41, 5.74) is 4.05. The first-order chi connectivity index (χ1) is 15.1. The number of nitrogens with zero attached hydrogens (tertiary/aromatic N) is 2. The molecule has 0 heterocycles. The average Bonchev–Trinajstić information content (AvgIpc) is 2.71. The van der Waals surface area contributed by atoms with Crippen molar-refractivity contribution >= 4 is 62.6 Å². The highest BCUT2D eigenvalue weighted by atomic mass is 35.5. The van der Waals surface area contributed by atoms with E-state index in [1.54, 1.807) is 36.4 Å². The molecule has 0 unspecified atom stereocenters. The van der Waals surface area contributed by atoms with Crippen LogP contribution in [0.2, 0.25) is 15.1 Å². The van der Waals surface area contributed by atoms with Crippen molar-refractivity contribution in [3.05, 3.63) is 92.9 Å². The molecular weight excluding hydrogens is 493 g/mol. The second-order valence-electron chi connectivity index (χ2n) is 6.80. The number of sulfonamides is 1. The predicted molar refractivity (Wildman–Crippen MR) is 129 cm³/mol. The smallest absolute Gasteiger partial charge is 0.264 e. The number of benzene rings is 3. The number of hydrogen-bond donors (Lipinski definition) is 1. The number of amides is 1. The molecule has 0 saturated heterocycles. The van der Waals surface area contributed by atoms with Gasteiger partial charge in [0, 0.05) is 15.1 Å². The van der Waals surface area contributed by atoms with Gasteiger partial charge in [-0.3, -0.25) is 9.10 Å². The zero-order chi connectivity index (χ0) is 23.3. The number of carbonyl (C=O) groups is 1. The Bertz CT molecular complexity index is 1240. The van der Waals surface area contributed by atoms with Gasteiger partial charge in [-0.1, -0.05) is 64.6 Å². The molecule has 0 aliphatic rings. The average molecular weight is 511 g/mol. The molecule has 3 aromatic carbocycles. The first kappa shape index (κ1) is 24.1. The molecule has 1 amide bonds. The molecule has 32 heavy (non-hydrogen) atoms. The summed E-state index contributed by atoms with van der Waals surface area (Å²) in [7, 11) is -4.10. The van der Waals surface area contributed by atoms with Crippen LogP contribution in [0.3, 0.4) is 0 Å². The van der Waals surface area contributed by atoms with Gasteiger partial charge in [-0.2, -0.15) is 5.10 Å². The Morgan fingerprint density at radius 3 is 2.25 bits per heavy atom. The Hall–Kier alpha value is -2.58. The number of rotatable bonds is 7. The molecule has 0 spiro atoms. The molecule has 0 aliphatic carbocycles. The van der Waals surface area contributed by atoms with Gasteiger partial charge in [0.05, 0.1) is 16.8 Å². The number of carbonyl (C=O) groups excluding carboxylic acids is 1. The summed E-state index contributed by atoms with van der Waals surface area (Å²) in [5, 5.41) is 4.86. The van der Waals surface area contributed by atoms with Gasteiger partial charge < -0.3 is 0 Å². The van der Waals surface area contributed by atoms with Gasteiger partial charge >= 0.3 is 0 Å². The predicted octanol–water partition coefficient (Wildman–Crippen LogP) is 5.30. The minimum Gasteiger partial charge on any atom is -0.271 e. The number of halogens is 3. The van der Waals surface area contributed by atoms with Crippen LogP contribution in [-0.4, -0.2) is 27.1 Å². The zero-order valence-electron chi connectivity index (χ0n) is 16.8. The Morgan fingerprint density at radius 1 is 0.969 bits per heavy atom. The summed E-state index contributed by atoms with van der Waals surface area (Å²) in [5.74, 6) is -0.657. The summed E-state index contributed by atoms with van der Waals surface area (Å²) in [6, 6.07) is 17.5. The summed E-state index contributed by atoms with van der Waals surface area (Å²) >= 11 is 18.1. The lowest BCUT2D eigenvalue weighted by molar-refractivity contribution is -0.119. The second kappa shape index (κ2) is 10.4. The van der Waals surface area contributed by atoms with Crippen LogP contribution in [0.25, 0.3) is 0 Å². The SMILES string of the molecule is Cc1ccc(S(=O)(=O)N(CC(=O)N/N=C\c2cccc(Cl)c2)c2cc(Cl)cc(Cl)c2)cc1. The normalized spacial score (nSPS) is 11.5. The van der Waals surface area contributed by atoms with Gasteiger partial charge in [0.1, 0.15) is 6.54 Å². The topological polar surface area (TPSA) is 78.8 Å². The molecule has 0 saturated carbocycles. The van der Waals surface area contributed by atoms with Crippen molar-refractivity contribution in [2.75, 3.05) is 10.8 Å². The minimum absolute atomic E-state index is 0.0226. The molecule has 3 rings (SSSR count). The lowest BCUT2D eigenvalue weighted by Crippen LogP contribution is -2.39. The molecule has 0 fully saturated rings. The van der Waals surface area contributed by atoms with Crippen molar-refractivity contribution in [3.63, 3.8) is 0 Å². The van der Waals surface area contributed by atoms with Gasteiger partial charge in [0.2, 0.25) is 0 Å². The lowest BCUT2D eigenvalue weighted by Gasteiger charge is -2.24. The number of hydrazone groups is 1. The first-order valence-electron chi connectivity index (χ1n) is 9.28. The number of hydrogen-bond acceptors (Lipinski definition) is 4. The van der Waals surface area contributed by atoms with E-state index in [1.807, 2.05) is 6.92 Å². The summed E-state index contributed by atoms with van der Waals surface area (Å²) in [6.45, 7) is 1.30. The second-order valence-corrected chi connectivity index (χ2v) is 9.97. The first-order valence-corrected chi connectivity index (χ1v) is 11.9. The third kappa shape index (κ3) is 6.23. The van der Waals surface area contributed by atoms with Gasteiger partial charge in [-0.25, -0.2) is 13.8 Å². The van der Waals surface area contributed by atoms with E-state index in [2.05, 4.69) is 10.5 Å². The van der Waals surface area contributed by atoms with E-state index in [9.17, 15) is 13.2 Å². The monoisotopic (exact) mass is 509 g/mol. The van der Waals surface area contributed by atoms with Crippen LogP contribution in [0, 0.1) is 6.92 Å². The molecule has 0 aliphatic heterocycles. The van der Waals surface area contributed by atoms with E-state index in [4.69, 9.17) is 34.8 Å². The summed E-state index contributed by atoms with van der Waals surface area (Å²) in [4.78, 5) is 12.6. The highest BCUT2D eigenvalue weighted by molar-refractivity contribution is 7.92. The molecular formula is C22H18Cl3N3O3S. The molecule has 1 N–H and O–H groups in total. The van der Waals surface area contributed by atoms with E-state index in [0.29, 0.717) is 10.6 Å². The fraction of sp³-hybridized carbons (Fsp3) is 0.0909. The number of anilines is 1. The zero-order valence-corrected chi connectivity index (χ0v) is 19.9. The minimum atomic E-state index is -4.10. The molecule has 0 bridgehead atoms. The molecule has 6 nitrogen and oxygen atoms in total. The quantitative estimate of drug-likeness (QED) is 0.346. The Kier molecular flexibility index (Phi) is 7.79. The van der Waals surface area contributed by atoms with Gasteiger partial charge in [0.15, 0.2) is 0 Å². The van der Waals surface area contributed by atoms with E-state index >= 15 is 0 Å². The van der Waals surface area contributed by atoms with E-state index in [1.165, 1.54) is 36.5 Å². The van der Waals surface area contributed by atoms with Crippen LogP contribution < -0.4 is 9.73 Å². The molecule has 3 aromatic rings. The molecule has 0 aromatic heterocycles. The number of nitrogens with one attached hydrogen (secondary N) is 1. The Morgan fingerprint density at radius 2 is 1.62 bits per heavy atom. The van der Waals surface area contributed by atoms with Crippen molar-refractivity contribution in [2.45, 2.75) is 11.8 Å². The van der Waals surface area contributed by atoms with Gasteiger partial charge in [0.25, 0.3) is 15.9 Å². The lowest BCUT2D eigenvalue weighted by atomic mass is 10.2. The van der Waals surface area contributed by atoms with Crippen LogP contribution in [0.15, 0.2) is 76.7 Å². The van der Waals surface area contributed by atoms with Gasteiger partial charge in [-0.05, 0) is 55.0 Å². The highest BCUT2D eigenvalue weighted by Crippen LogP contribution is 2.29. The third-order valence-corrected chi connectivity index (χ3v) is 6.74. The van der Waals surface area contributed by atoms with Crippen molar-refractivity contribution in [1.82, 2.24) is 5.43 Å². The highest BCUT2D eigenvalue weighted by Gasteiger charge is 2.27. The van der Waals surface area contributed by atoms with Crippen LogP contribution in [0.4, 0.5) is 5.69 Å². The molecule has 0 radical (unpaired) electrons. The van der Waals surface area contributed by atoms with Crippen LogP contribution in [0.5, 0.6) is 0 Å². The fourth-order valence-corrected chi connectivity index (χ4v) is 4.89. The standard InChI is InChI=1S/C22H18Cl3N3O3S/c1-15-5-7-21(8-6-15)32(30,31)28(20-11-18(24)10-19(25)12-20)14-22(29)27-26-13-16-3-2-4-17(23)9-16/h2-13H,14H2,1H3,(H,27,29)/b26-13-. The number of aryl methyl sites for hydroxylation is 1. The molecule has 0 atom stereocenters. The van der Waals surface area contributed by atoms with Crippen LogP contribution in [0.1, 0.15) is 11.1 Å². The maximum absolute atomic E-state index is 13.3. The van der Waals surface area contributed by atoms with Crippen molar-refractivity contribution in [1.29, 1.82) is 0 Å². The maximum atomic E-state index is 13.3. The van der Waals surface area contributed by atoms with Gasteiger partial charge in [-0.15, -0.1) is 0 Å². The summed E-state index contributed by atoms with van der Waals surface area (Å²) < 4.78 is 27.6. The largest absolute Gasteiger partial charge is 0.271 e. The van der Waals surface area contributed by atoms with E-state index < -0.39 is 22.5 Å². The molecule has 166 valence electrons. The van der Waals surface area contributed by atoms with E-state index in [0.717, 1.165) is 9.87 Å². The Labute approximate surface area is 201 Å². The van der Waals surface area contributed by atoms with Crippen molar-refractivity contribution in [2.24, 2.45) is 5.10 Å². The van der Waals surface area contributed by atoms with E-state index in [-0.39, 0.29) is 20.6 Å². The summed E-state index contributed by atoms with van der Waals surface area (Å²) in [6.07, 6.45) is 1.40. The third-order valence-electron chi connectivity index (χ3n) is 4.28. The van der Waals surface area contributed by atoms with Crippen molar-refractivity contribution < 1.29 is 13.2 Å². The van der Waals surface area contributed by atoms with Crippen LogP contribution >= 0.6 is 34.8 Å².